The highest BCUT2D eigenvalue weighted by Gasteiger charge is 2.20. The molecule has 0 bridgehead atoms. The van der Waals surface area contributed by atoms with Crippen molar-refractivity contribution in [2.75, 3.05) is 5.73 Å². The Bertz CT molecular complexity index is 740. The standard InChI is InChI=1S/C19H26N4O2/c1-6-8-16(22-18(24)25-19(2,3)4)13-9-7-10-14(11-13)17-15(20)12-21-23(17)5/h6-7,9-12,16H,1,8,20H2,2-5H3,(H,22,24)/t16-/m0/s1. The number of anilines is 1. The van der Waals surface area contributed by atoms with Gasteiger partial charge in [-0.3, -0.25) is 4.68 Å². The van der Waals surface area contributed by atoms with Gasteiger partial charge in [-0.25, -0.2) is 4.79 Å². The summed E-state index contributed by atoms with van der Waals surface area (Å²) in [6.07, 6.45) is 3.53. The van der Waals surface area contributed by atoms with E-state index in [1.165, 1.54) is 0 Å². The summed E-state index contributed by atoms with van der Waals surface area (Å²) in [6.45, 7) is 9.28. The van der Waals surface area contributed by atoms with Crippen LogP contribution in [0.4, 0.5) is 10.5 Å². The Hall–Kier alpha value is -2.76. The number of alkyl carbamates (subject to hydrolysis) is 1. The van der Waals surface area contributed by atoms with Gasteiger partial charge in [-0.15, -0.1) is 6.58 Å². The van der Waals surface area contributed by atoms with E-state index in [1.54, 1.807) is 17.0 Å². The maximum atomic E-state index is 12.1. The van der Waals surface area contributed by atoms with Crippen molar-refractivity contribution in [2.24, 2.45) is 7.05 Å². The molecule has 0 aliphatic rings. The molecule has 0 fully saturated rings. The van der Waals surface area contributed by atoms with Gasteiger partial charge in [0.05, 0.1) is 23.6 Å². The number of hydrogen-bond donors (Lipinski definition) is 2. The fraction of sp³-hybridized carbons (Fsp3) is 0.368. The zero-order valence-electron chi connectivity index (χ0n) is 15.2. The second-order valence-electron chi connectivity index (χ2n) is 6.92. The molecule has 2 rings (SSSR count). The molecule has 134 valence electrons. The topological polar surface area (TPSA) is 82.2 Å². The van der Waals surface area contributed by atoms with Crippen LogP contribution in [0.3, 0.4) is 0 Å². The second kappa shape index (κ2) is 7.42. The van der Waals surface area contributed by atoms with Gasteiger partial charge in [0, 0.05) is 12.6 Å². The Labute approximate surface area is 148 Å². The lowest BCUT2D eigenvalue weighted by atomic mass is 9.99. The molecule has 0 saturated carbocycles. The van der Waals surface area contributed by atoms with Crippen molar-refractivity contribution in [3.05, 3.63) is 48.7 Å². The Morgan fingerprint density at radius 3 is 2.76 bits per heavy atom. The summed E-state index contributed by atoms with van der Waals surface area (Å²) in [4.78, 5) is 12.1. The van der Waals surface area contributed by atoms with Crippen molar-refractivity contribution in [3.8, 4) is 11.3 Å². The first-order valence-electron chi connectivity index (χ1n) is 8.19. The highest BCUT2D eigenvalue weighted by molar-refractivity contribution is 5.73. The highest BCUT2D eigenvalue weighted by atomic mass is 16.6. The number of ether oxygens (including phenoxy) is 1. The molecule has 0 unspecified atom stereocenters. The zero-order chi connectivity index (χ0) is 18.6. The molecule has 0 spiro atoms. The first-order valence-corrected chi connectivity index (χ1v) is 8.19. The summed E-state index contributed by atoms with van der Waals surface area (Å²) in [7, 11) is 1.85. The number of nitrogen functional groups attached to an aromatic ring is 1. The van der Waals surface area contributed by atoms with Gasteiger partial charge in [-0.05, 0) is 38.8 Å². The van der Waals surface area contributed by atoms with Crippen LogP contribution in [0.25, 0.3) is 11.3 Å². The fourth-order valence-electron chi connectivity index (χ4n) is 2.61. The number of aryl methyl sites for hydroxylation is 1. The molecule has 0 saturated heterocycles. The molecule has 0 aliphatic heterocycles. The Balaban J connectivity index is 2.28. The lowest BCUT2D eigenvalue weighted by Gasteiger charge is -2.23. The molecule has 0 aliphatic carbocycles. The summed E-state index contributed by atoms with van der Waals surface area (Å²) in [5.74, 6) is 0. The Morgan fingerprint density at radius 1 is 1.48 bits per heavy atom. The number of nitrogens with two attached hydrogens (primary N) is 1. The minimum absolute atomic E-state index is 0.234. The van der Waals surface area contributed by atoms with Crippen molar-refractivity contribution >= 4 is 11.8 Å². The minimum atomic E-state index is -0.548. The molecule has 1 atom stereocenters. The number of benzene rings is 1. The van der Waals surface area contributed by atoms with E-state index in [4.69, 9.17) is 10.5 Å². The molecular weight excluding hydrogens is 316 g/mol. The van der Waals surface area contributed by atoms with Crippen LogP contribution in [0.5, 0.6) is 0 Å². The van der Waals surface area contributed by atoms with Crippen molar-refractivity contribution in [2.45, 2.75) is 38.8 Å². The van der Waals surface area contributed by atoms with E-state index in [0.717, 1.165) is 16.8 Å². The Kier molecular flexibility index (Phi) is 5.51. The molecular formula is C19H26N4O2. The second-order valence-corrected chi connectivity index (χ2v) is 6.92. The third-order valence-corrected chi connectivity index (χ3v) is 3.62. The van der Waals surface area contributed by atoms with Crippen molar-refractivity contribution in [1.82, 2.24) is 15.1 Å². The number of nitrogens with one attached hydrogen (secondary N) is 1. The number of carbonyl (C=O) groups is 1. The number of rotatable bonds is 5. The monoisotopic (exact) mass is 342 g/mol. The molecule has 1 heterocycles. The Morgan fingerprint density at radius 2 is 2.20 bits per heavy atom. The minimum Gasteiger partial charge on any atom is -0.444 e. The number of nitrogens with zero attached hydrogens (tertiary/aromatic N) is 2. The third-order valence-electron chi connectivity index (χ3n) is 3.62. The van der Waals surface area contributed by atoms with Crippen LogP contribution in [0, 0.1) is 0 Å². The lowest BCUT2D eigenvalue weighted by molar-refractivity contribution is 0.0504. The summed E-state index contributed by atoms with van der Waals surface area (Å²) in [5.41, 5.74) is 8.81. The lowest BCUT2D eigenvalue weighted by Crippen LogP contribution is -2.34. The van der Waals surface area contributed by atoms with E-state index in [9.17, 15) is 4.79 Å². The summed E-state index contributed by atoms with van der Waals surface area (Å²) in [5, 5.41) is 7.08. The van der Waals surface area contributed by atoms with Crippen LogP contribution in [0.1, 0.15) is 38.8 Å². The first kappa shape index (κ1) is 18.6. The van der Waals surface area contributed by atoms with Gasteiger partial charge in [0.2, 0.25) is 0 Å². The van der Waals surface area contributed by atoms with Crippen LogP contribution < -0.4 is 11.1 Å². The zero-order valence-corrected chi connectivity index (χ0v) is 15.2. The first-order chi connectivity index (χ1) is 11.7. The van der Waals surface area contributed by atoms with Crippen LogP contribution in [0.15, 0.2) is 43.1 Å². The van der Waals surface area contributed by atoms with Crippen LogP contribution in [-0.2, 0) is 11.8 Å². The normalized spacial score (nSPS) is 12.5. The molecule has 1 aromatic carbocycles. The number of carbonyl (C=O) groups excluding carboxylic acids is 1. The van der Waals surface area contributed by atoms with E-state index in [1.807, 2.05) is 52.1 Å². The van der Waals surface area contributed by atoms with E-state index in [-0.39, 0.29) is 6.04 Å². The van der Waals surface area contributed by atoms with E-state index in [2.05, 4.69) is 17.0 Å². The van der Waals surface area contributed by atoms with Crippen molar-refractivity contribution < 1.29 is 9.53 Å². The predicted octanol–water partition coefficient (Wildman–Crippen LogP) is 3.81. The van der Waals surface area contributed by atoms with Crippen LogP contribution in [-0.4, -0.2) is 21.5 Å². The van der Waals surface area contributed by atoms with Crippen LogP contribution >= 0.6 is 0 Å². The third kappa shape index (κ3) is 4.86. The van der Waals surface area contributed by atoms with Gasteiger partial charge in [0.1, 0.15) is 5.60 Å². The van der Waals surface area contributed by atoms with Gasteiger partial charge in [-0.2, -0.15) is 5.10 Å². The summed E-state index contributed by atoms with van der Waals surface area (Å²) < 4.78 is 7.09. The fourth-order valence-corrected chi connectivity index (χ4v) is 2.61. The summed E-state index contributed by atoms with van der Waals surface area (Å²) >= 11 is 0. The van der Waals surface area contributed by atoms with Gasteiger partial charge in [-0.1, -0.05) is 24.3 Å². The number of amides is 1. The van der Waals surface area contributed by atoms with E-state index in [0.29, 0.717) is 12.1 Å². The quantitative estimate of drug-likeness (QED) is 0.810. The molecule has 6 heteroatoms. The van der Waals surface area contributed by atoms with Crippen molar-refractivity contribution in [1.29, 1.82) is 0 Å². The molecule has 0 radical (unpaired) electrons. The van der Waals surface area contributed by atoms with Crippen LogP contribution in [0.2, 0.25) is 0 Å². The number of hydrogen-bond acceptors (Lipinski definition) is 4. The molecule has 2 aromatic rings. The maximum Gasteiger partial charge on any atom is 0.408 e. The van der Waals surface area contributed by atoms with Gasteiger partial charge in [0.15, 0.2) is 0 Å². The SMILES string of the molecule is C=CC[C@H](NC(=O)OC(C)(C)C)c1cccc(-c2c(N)cnn2C)c1. The van der Waals surface area contributed by atoms with Gasteiger partial charge in [0.25, 0.3) is 0 Å². The maximum absolute atomic E-state index is 12.1. The van der Waals surface area contributed by atoms with E-state index >= 15 is 0 Å². The number of aromatic nitrogens is 2. The highest BCUT2D eigenvalue weighted by Crippen LogP contribution is 2.28. The summed E-state index contributed by atoms with van der Waals surface area (Å²) in [6, 6.07) is 7.63. The smallest absolute Gasteiger partial charge is 0.408 e. The van der Waals surface area contributed by atoms with E-state index < -0.39 is 11.7 Å². The molecule has 6 nitrogen and oxygen atoms in total. The van der Waals surface area contributed by atoms with Gasteiger partial charge >= 0.3 is 6.09 Å². The molecule has 1 aromatic heterocycles. The molecule has 25 heavy (non-hydrogen) atoms. The molecule has 3 N–H and O–H groups in total. The van der Waals surface area contributed by atoms with Crippen molar-refractivity contribution in [3.63, 3.8) is 0 Å². The average molecular weight is 342 g/mol. The largest absolute Gasteiger partial charge is 0.444 e. The predicted molar refractivity (Wildman–Crippen MR) is 100.0 cm³/mol. The van der Waals surface area contributed by atoms with Gasteiger partial charge < -0.3 is 15.8 Å². The average Bonchev–Trinajstić information content (AvgIpc) is 2.84. The molecule has 1 amide bonds.